The summed E-state index contributed by atoms with van der Waals surface area (Å²) in [6.07, 6.45) is 6.37. The first-order valence-corrected chi connectivity index (χ1v) is 7.06. The van der Waals surface area contributed by atoms with E-state index in [0.29, 0.717) is 0 Å². The predicted octanol–water partition coefficient (Wildman–Crippen LogP) is 4.43. The van der Waals surface area contributed by atoms with Gasteiger partial charge in [-0.25, -0.2) is 4.79 Å². The van der Waals surface area contributed by atoms with E-state index in [1.807, 2.05) is 18.2 Å². The van der Waals surface area contributed by atoms with E-state index < -0.39 is 0 Å². The quantitative estimate of drug-likeness (QED) is 0.694. The summed E-state index contributed by atoms with van der Waals surface area (Å²) in [4.78, 5) is 12.0. The molecule has 18 heavy (non-hydrogen) atoms. The monoisotopic (exact) mass is 246 g/mol. The Morgan fingerprint density at radius 3 is 2.28 bits per heavy atom. The highest BCUT2D eigenvalue weighted by Crippen LogP contribution is 2.43. The number of unbranched alkanes of at least 4 members (excludes halogenated alkanes) is 2. The van der Waals surface area contributed by atoms with Crippen molar-refractivity contribution in [1.29, 1.82) is 0 Å². The molecule has 1 aliphatic rings. The zero-order chi connectivity index (χ0) is 13.0. The van der Waals surface area contributed by atoms with Crippen molar-refractivity contribution in [2.75, 3.05) is 0 Å². The van der Waals surface area contributed by atoms with E-state index in [1.165, 1.54) is 0 Å². The molecule has 0 saturated heterocycles. The van der Waals surface area contributed by atoms with E-state index in [0.717, 1.165) is 49.7 Å². The SMILES string of the molecule is CCCCC1(CCCC)OC(=O)c2ccccc21. The van der Waals surface area contributed by atoms with Gasteiger partial charge in [0, 0.05) is 5.56 Å². The number of carbonyl (C=O) groups excluding carboxylic acids is 1. The Hall–Kier alpha value is -1.31. The van der Waals surface area contributed by atoms with Crippen molar-refractivity contribution in [3.63, 3.8) is 0 Å². The van der Waals surface area contributed by atoms with Crippen molar-refractivity contribution >= 4 is 5.97 Å². The molecule has 1 aliphatic heterocycles. The minimum Gasteiger partial charge on any atom is -0.451 e. The molecule has 0 aromatic heterocycles. The number of carbonyl (C=O) groups is 1. The van der Waals surface area contributed by atoms with Gasteiger partial charge in [0.25, 0.3) is 0 Å². The smallest absolute Gasteiger partial charge is 0.339 e. The van der Waals surface area contributed by atoms with Gasteiger partial charge in [-0.1, -0.05) is 44.9 Å². The summed E-state index contributed by atoms with van der Waals surface area (Å²) in [5.41, 5.74) is 1.53. The Balaban J connectivity index is 2.33. The van der Waals surface area contributed by atoms with Gasteiger partial charge in [-0.15, -0.1) is 0 Å². The maximum atomic E-state index is 12.0. The molecule has 1 aromatic rings. The van der Waals surface area contributed by atoms with Crippen LogP contribution in [0, 0.1) is 0 Å². The lowest BCUT2D eigenvalue weighted by molar-refractivity contribution is -0.0198. The van der Waals surface area contributed by atoms with Crippen LogP contribution in [-0.4, -0.2) is 5.97 Å². The molecule has 2 heteroatoms. The Morgan fingerprint density at radius 1 is 1.06 bits per heavy atom. The molecular formula is C16H22O2. The van der Waals surface area contributed by atoms with E-state index in [-0.39, 0.29) is 11.6 Å². The lowest BCUT2D eigenvalue weighted by Gasteiger charge is -2.29. The van der Waals surface area contributed by atoms with E-state index in [1.54, 1.807) is 0 Å². The predicted molar refractivity (Wildman–Crippen MR) is 72.6 cm³/mol. The molecule has 0 saturated carbocycles. The molecule has 98 valence electrons. The van der Waals surface area contributed by atoms with Crippen LogP contribution in [0.25, 0.3) is 0 Å². The normalized spacial score (nSPS) is 16.4. The van der Waals surface area contributed by atoms with E-state index in [9.17, 15) is 4.79 Å². The summed E-state index contributed by atoms with van der Waals surface area (Å²) < 4.78 is 5.78. The molecule has 1 aromatic carbocycles. The molecule has 0 N–H and O–H groups in total. The number of hydrogen-bond acceptors (Lipinski definition) is 2. The van der Waals surface area contributed by atoms with Crippen molar-refractivity contribution in [2.45, 2.75) is 58.0 Å². The largest absolute Gasteiger partial charge is 0.451 e. The fraction of sp³-hybridized carbons (Fsp3) is 0.562. The van der Waals surface area contributed by atoms with E-state index in [2.05, 4.69) is 19.9 Å². The Labute approximate surface area is 109 Å². The molecule has 0 atom stereocenters. The van der Waals surface area contributed by atoms with Crippen LogP contribution in [0.2, 0.25) is 0 Å². The fourth-order valence-electron chi connectivity index (χ4n) is 2.77. The molecule has 0 bridgehead atoms. The molecular weight excluding hydrogens is 224 g/mol. The van der Waals surface area contributed by atoms with Gasteiger partial charge in [-0.3, -0.25) is 0 Å². The van der Waals surface area contributed by atoms with E-state index in [4.69, 9.17) is 4.74 Å². The number of rotatable bonds is 6. The summed E-state index contributed by atoms with van der Waals surface area (Å²) in [5.74, 6) is -0.141. The third kappa shape index (κ3) is 2.29. The van der Waals surface area contributed by atoms with E-state index >= 15 is 0 Å². The number of fused-ring (bicyclic) bond motifs is 1. The summed E-state index contributed by atoms with van der Waals surface area (Å²) in [6.45, 7) is 4.35. The molecule has 0 fully saturated rings. The highest BCUT2D eigenvalue weighted by atomic mass is 16.6. The minimum atomic E-state index is -0.348. The Bertz CT molecular complexity index is 415. The maximum Gasteiger partial charge on any atom is 0.339 e. The van der Waals surface area contributed by atoms with Crippen LogP contribution in [0.5, 0.6) is 0 Å². The van der Waals surface area contributed by atoms with Crippen molar-refractivity contribution in [3.05, 3.63) is 35.4 Å². The third-order valence-corrected chi connectivity index (χ3v) is 3.79. The molecule has 0 unspecified atom stereocenters. The minimum absolute atomic E-state index is 0.141. The van der Waals surface area contributed by atoms with Gasteiger partial charge in [-0.2, -0.15) is 0 Å². The van der Waals surface area contributed by atoms with Crippen LogP contribution in [-0.2, 0) is 10.3 Å². The highest BCUT2D eigenvalue weighted by Gasteiger charge is 2.43. The standard InChI is InChI=1S/C16H22O2/c1-3-5-11-16(12-6-4-2)14-10-8-7-9-13(14)15(17)18-16/h7-10H,3-6,11-12H2,1-2H3. The van der Waals surface area contributed by atoms with Crippen LogP contribution in [0.1, 0.15) is 68.3 Å². The summed E-state index contributed by atoms with van der Waals surface area (Å²) in [5, 5.41) is 0. The van der Waals surface area contributed by atoms with Gasteiger partial charge in [0.15, 0.2) is 0 Å². The van der Waals surface area contributed by atoms with Gasteiger partial charge < -0.3 is 4.74 Å². The topological polar surface area (TPSA) is 26.3 Å². The number of ether oxygens (including phenoxy) is 1. The molecule has 0 spiro atoms. The maximum absolute atomic E-state index is 12.0. The second kappa shape index (κ2) is 5.55. The Morgan fingerprint density at radius 2 is 1.67 bits per heavy atom. The van der Waals surface area contributed by atoms with Gasteiger partial charge in [0.05, 0.1) is 5.56 Å². The van der Waals surface area contributed by atoms with Crippen molar-refractivity contribution in [3.8, 4) is 0 Å². The third-order valence-electron chi connectivity index (χ3n) is 3.79. The van der Waals surface area contributed by atoms with Crippen LogP contribution in [0.15, 0.2) is 24.3 Å². The molecule has 0 radical (unpaired) electrons. The van der Waals surface area contributed by atoms with Crippen LogP contribution < -0.4 is 0 Å². The zero-order valence-corrected chi connectivity index (χ0v) is 11.4. The fourth-order valence-corrected chi connectivity index (χ4v) is 2.77. The number of benzene rings is 1. The second-order valence-electron chi connectivity index (χ2n) is 5.14. The van der Waals surface area contributed by atoms with Crippen LogP contribution in [0.3, 0.4) is 0 Å². The van der Waals surface area contributed by atoms with Crippen molar-refractivity contribution in [1.82, 2.24) is 0 Å². The summed E-state index contributed by atoms with van der Waals surface area (Å²) in [6, 6.07) is 7.87. The first kappa shape index (κ1) is 13.1. The number of esters is 1. The first-order valence-electron chi connectivity index (χ1n) is 7.06. The molecule has 0 aliphatic carbocycles. The van der Waals surface area contributed by atoms with Gasteiger partial charge in [0.2, 0.25) is 0 Å². The van der Waals surface area contributed by atoms with Crippen LogP contribution >= 0.6 is 0 Å². The molecule has 0 amide bonds. The number of cyclic esters (lactones) is 1. The highest BCUT2D eigenvalue weighted by molar-refractivity contribution is 5.94. The second-order valence-corrected chi connectivity index (χ2v) is 5.14. The van der Waals surface area contributed by atoms with Gasteiger partial charge in [0.1, 0.15) is 5.60 Å². The average Bonchev–Trinajstić information content (AvgIpc) is 2.69. The van der Waals surface area contributed by atoms with Crippen LogP contribution in [0.4, 0.5) is 0 Å². The number of hydrogen-bond donors (Lipinski definition) is 0. The molecule has 2 rings (SSSR count). The Kier molecular flexibility index (Phi) is 4.05. The van der Waals surface area contributed by atoms with Gasteiger partial charge in [-0.05, 0) is 31.7 Å². The molecule has 2 nitrogen and oxygen atoms in total. The average molecular weight is 246 g/mol. The van der Waals surface area contributed by atoms with Gasteiger partial charge >= 0.3 is 5.97 Å². The summed E-state index contributed by atoms with van der Waals surface area (Å²) in [7, 11) is 0. The summed E-state index contributed by atoms with van der Waals surface area (Å²) >= 11 is 0. The molecule has 1 heterocycles. The lowest BCUT2D eigenvalue weighted by atomic mass is 9.83. The van der Waals surface area contributed by atoms with Crippen molar-refractivity contribution in [2.24, 2.45) is 0 Å². The first-order chi connectivity index (χ1) is 8.73. The lowest BCUT2D eigenvalue weighted by Crippen LogP contribution is -2.26. The van der Waals surface area contributed by atoms with Crippen molar-refractivity contribution < 1.29 is 9.53 Å². The zero-order valence-electron chi connectivity index (χ0n) is 11.4.